The third-order valence-corrected chi connectivity index (χ3v) is 4.90. The predicted molar refractivity (Wildman–Crippen MR) is 103 cm³/mol. The van der Waals surface area contributed by atoms with E-state index in [1.165, 1.54) is 0 Å². The summed E-state index contributed by atoms with van der Waals surface area (Å²) in [5.74, 6) is 0.0634. The van der Waals surface area contributed by atoms with E-state index in [4.69, 9.17) is 0 Å². The van der Waals surface area contributed by atoms with Gasteiger partial charge in [-0.15, -0.1) is 0 Å². The minimum Gasteiger partial charge on any atom is -0.291 e. The van der Waals surface area contributed by atoms with Gasteiger partial charge in [0.25, 0.3) is 0 Å². The summed E-state index contributed by atoms with van der Waals surface area (Å²) < 4.78 is 1.85. The van der Waals surface area contributed by atoms with Crippen LogP contribution in [0.4, 0.5) is 5.69 Å². The van der Waals surface area contributed by atoms with Crippen LogP contribution in [0.3, 0.4) is 0 Å². The minimum atomic E-state index is -0.639. The first-order valence-electron chi connectivity index (χ1n) is 8.73. The Balaban J connectivity index is 1.87. The molecule has 0 spiro atoms. The van der Waals surface area contributed by atoms with Gasteiger partial charge in [-0.2, -0.15) is 5.10 Å². The van der Waals surface area contributed by atoms with Crippen LogP contribution in [0.15, 0.2) is 66.9 Å². The molecule has 2 heterocycles. The fraction of sp³-hybridized carbons (Fsp3) is 0.238. The lowest BCUT2D eigenvalue weighted by molar-refractivity contribution is -0.121. The van der Waals surface area contributed by atoms with Gasteiger partial charge in [0.05, 0.1) is 11.2 Å². The molecular formula is C21H22N4O. The molecule has 1 atom stereocenters. The lowest BCUT2D eigenvalue weighted by atomic mass is 10.0. The van der Waals surface area contributed by atoms with Crippen LogP contribution >= 0.6 is 0 Å². The number of hydrogen-bond acceptors (Lipinski definition) is 3. The van der Waals surface area contributed by atoms with Crippen molar-refractivity contribution in [3.8, 4) is 11.3 Å². The summed E-state index contributed by atoms with van der Waals surface area (Å²) in [5.41, 5.74) is 3.39. The van der Waals surface area contributed by atoms with Crippen LogP contribution in [0.1, 0.15) is 25.6 Å². The molecule has 1 N–H and O–H groups in total. The highest BCUT2D eigenvalue weighted by atomic mass is 16.2. The van der Waals surface area contributed by atoms with Crippen molar-refractivity contribution in [2.45, 2.75) is 25.6 Å². The Morgan fingerprint density at radius 1 is 1.00 bits per heavy atom. The number of amides is 1. The van der Waals surface area contributed by atoms with Gasteiger partial charge >= 0.3 is 0 Å². The van der Waals surface area contributed by atoms with E-state index in [0.717, 1.165) is 22.5 Å². The maximum atomic E-state index is 13.1. The summed E-state index contributed by atoms with van der Waals surface area (Å²) in [6.07, 6.45) is 1.55. The molecule has 4 rings (SSSR count). The Morgan fingerprint density at radius 2 is 1.69 bits per heavy atom. The first-order valence-corrected chi connectivity index (χ1v) is 8.73. The van der Waals surface area contributed by atoms with Crippen LogP contribution in [0.25, 0.3) is 11.3 Å². The van der Waals surface area contributed by atoms with E-state index in [0.29, 0.717) is 0 Å². The number of nitrogens with one attached hydrogen (secondary N) is 1. The third-order valence-electron chi connectivity index (χ3n) is 4.90. The van der Waals surface area contributed by atoms with Gasteiger partial charge in [0.15, 0.2) is 0 Å². The first kappa shape index (κ1) is 16.5. The molecule has 5 heteroatoms. The van der Waals surface area contributed by atoms with Crippen molar-refractivity contribution in [1.82, 2.24) is 15.1 Å². The quantitative estimate of drug-likeness (QED) is 0.790. The molecule has 0 bridgehead atoms. The van der Waals surface area contributed by atoms with E-state index >= 15 is 0 Å². The number of hydrogen-bond donors (Lipinski definition) is 1. The Hall–Kier alpha value is -2.92. The lowest BCUT2D eigenvalue weighted by Crippen LogP contribution is -2.40. The summed E-state index contributed by atoms with van der Waals surface area (Å²) in [4.78, 5) is 15.0. The van der Waals surface area contributed by atoms with E-state index < -0.39 is 5.54 Å². The fourth-order valence-electron chi connectivity index (χ4n) is 3.57. The molecule has 0 radical (unpaired) electrons. The molecule has 5 nitrogen and oxygen atoms in total. The number of para-hydroxylation sites is 1. The number of aromatic nitrogens is 2. The van der Waals surface area contributed by atoms with Gasteiger partial charge in [-0.05, 0) is 37.6 Å². The van der Waals surface area contributed by atoms with Gasteiger partial charge in [-0.1, -0.05) is 42.5 Å². The maximum Gasteiger partial charge on any atom is 0.248 e. The number of rotatable bonds is 3. The molecule has 1 aromatic heterocycles. The third kappa shape index (κ3) is 2.61. The van der Waals surface area contributed by atoms with E-state index in [1.54, 1.807) is 6.20 Å². The topological polar surface area (TPSA) is 50.2 Å². The second-order valence-corrected chi connectivity index (χ2v) is 7.11. The molecule has 0 saturated carbocycles. The van der Waals surface area contributed by atoms with Crippen molar-refractivity contribution in [3.63, 3.8) is 0 Å². The van der Waals surface area contributed by atoms with Crippen LogP contribution in [0, 0.1) is 0 Å². The molecule has 0 aliphatic carbocycles. The summed E-state index contributed by atoms with van der Waals surface area (Å²) in [6.45, 7) is 3.86. The van der Waals surface area contributed by atoms with Crippen molar-refractivity contribution < 1.29 is 4.79 Å². The highest BCUT2D eigenvalue weighted by molar-refractivity contribution is 6.03. The molecule has 1 unspecified atom stereocenters. The molecule has 3 aromatic rings. The smallest absolute Gasteiger partial charge is 0.248 e. The van der Waals surface area contributed by atoms with Gasteiger partial charge in [0.2, 0.25) is 5.91 Å². The molecular weight excluding hydrogens is 324 g/mol. The Labute approximate surface area is 153 Å². The van der Waals surface area contributed by atoms with E-state index in [9.17, 15) is 4.79 Å². The molecule has 26 heavy (non-hydrogen) atoms. The number of nitrogens with zero attached hydrogens (tertiary/aromatic N) is 3. The normalized spacial score (nSPS) is 19.1. The average molecular weight is 346 g/mol. The van der Waals surface area contributed by atoms with E-state index in [-0.39, 0.29) is 12.1 Å². The number of carbonyl (C=O) groups is 1. The van der Waals surface area contributed by atoms with Gasteiger partial charge in [0.1, 0.15) is 6.17 Å². The van der Waals surface area contributed by atoms with E-state index in [2.05, 4.69) is 22.5 Å². The van der Waals surface area contributed by atoms with Crippen molar-refractivity contribution in [1.29, 1.82) is 0 Å². The van der Waals surface area contributed by atoms with Crippen LogP contribution in [-0.4, -0.2) is 21.2 Å². The van der Waals surface area contributed by atoms with Crippen molar-refractivity contribution in [3.05, 3.63) is 72.4 Å². The minimum absolute atomic E-state index is 0.0634. The standard InChI is InChI=1S/C21H22N4O/c1-21(2)20(26)25(15-9-5-4-6-10-15)19(23-21)17-12-8-7-11-16(17)18-13-14-22-24(18)3/h4-14,19,23H,1-3H3. The number of benzene rings is 2. The highest BCUT2D eigenvalue weighted by Gasteiger charge is 2.46. The van der Waals surface area contributed by atoms with E-state index in [1.807, 2.05) is 79.0 Å². The van der Waals surface area contributed by atoms with Gasteiger partial charge in [-0.3, -0.25) is 19.7 Å². The number of carbonyl (C=O) groups excluding carboxylic acids is 1. The largest absolute Gasteiger partial charge is 0.291 e. The molecule has 1 saturated heterocycles. The summed E-state index contributed by atoms with van der Waals surface area (Å²) in [6, 6.07) is 20.0. The fourth-order valence-corrected chi connectivity index (χ4v) is 3.57. The lowest BCUT2D eigenvalue weighted by Gasteiger charge is -2.26. The van der Waals surface area contributed by atoms with Crippen LogP contribution in [0.2, 0.25) is 0 Å². The van der Waals surface area contributed by atoms with Crippen LogP contribution < -0.4 is 10.2 Å². The van der Waals surface area contributed by atoms with Crippen molar-refractivity contribution in [2.24, 2.45) is 7.05 Å². The summed E-state index contributed by atoms with van der Waals surface area (Å²) >= 11 is 0. The summed E-state index contributed by atoms with van der Waals surface area (Å²) in [5, 5.41) is 7.81. The van der Waals surface area contributed by atoms with Crippen LogP contribution in [0.5, 0.6) is 0 Å². The monoisotopic (exact) mass is 346 g/mol. The SMILES string of the molecule is Cn1nccc1-c1ccccc1C1NC(C)(C)C(=O)N1c1ccccc1. The second kappa shape index (κ2) is 6.11. The Bertz CT molecular complexity index is 945. The maximum absolute atomic E-state index is 13.1. The summed E-state index contributed by atoms with van der Waals surface area (Å²) in [7, 11) is 1.93. The van der Waals surface area contributed by atoms with Gasteiger partial charge in [-0.25, -0.2) is 0 Å². The number of anilines is 1. The molecule has 2 aromatic carbocycles. The molecule has 1 aliphatic heterocycles. The zero-order valence-electron chi connectivity index (χ0n) is 15.2. The van der Waals surface area contributed by atoms with Crippen molar-refractivity contribution in [2.75, 3.05) is 4.90 Å². The predicted octanol–water partition coefficient (Wildman–Crippen LogP) is 3.50. The first-order chi connectivity index (χ1) is 12.5. The second-order valence-electron chi connectivity index (χ2n) is 7.11. The number of aryl methyl sites for hydroxylation is 1. The molecule has 1 aliphatic rings. The zero-order chi connectivity index (χ0) is 18.3. The Kier molecular flexibility index (Phi) is 3.89. The van der Waals surface area contributed by atoms with Crippen molar-refractivity contribution >= 4 is 11.6 Å². The van der Waals surface area contributed by atoms with Gasteiger partial charge < -0.3 is 0 Å². The average Bonchev–Trinajstić information content (AvgIpc) is 3.17. The zero-order valence-corrected chi connectivity index (χ0v) is 15.2. The van der Waals surface area contributed by atoms with Crippen LogP contribution in [-0.2, 0) is 11.8 Å². The molecule has 1 fully saturated rings. The molecule has 1 amide bonds. The highest BCUT2D eigenvalue weighted by Crippen LogP contribution is 2.38. The van der Waals surface area contributed by atoms with Gasteiger partial charge in [0, 0.05) is 24.5 Å². The Morgan fingerprint density at radius 3 is 2.38 bits per heavy atom. The molecule has 132 valence electrons.